The van der Waals surface area contributed by atoms with E-state index in [-0.39, 0.29) is 22.8 Å². The fraction of sp³-hybridized carbons (Fsp3) is 0.667. The zero-order valence-electron chi connectivity index (χ0n) is 13.5. The third-order valence-electron chi connectivity index (χ3n) is 3.53. The van der Waals surface area contributed by atoms with Crippen molar-refractivity contribution >= 4 is 17.7 Å². The van der Waals surface area contributed by atoms with E-state index < -0.39 is 0 Å². The van der Waals surface area contributed by atoms with E-state index in [1.807, 2.05) is 20.8 Å². The Morgan fingerprint density at radius 3 is 2.91 bits per heavy atom. The van der Waals surface area contributed by atoms with Crippen molar-refractivity contribution in [3.8, 4) is 0 Å². The molecule has 22 heavy (non-hydrogen) atoms. The van der Waals surface area contributed by atoms with Gasteiger partial charge < -0.3 is 10.1 Å². The normalized spacial score (nSPS) is 17.9. The van der Waals surface area contributed by atoms with Crippen LogP contribution in [0.2, 0.25) is 0 Å². The number of hydrogen-bond acceptors (Lipinski definition) is 5. The number of aromatic nitrogens is 2. The van der Waals surface area contributed by atoms with Crippen LogP contribution in [0, 0.1) is 5.92 Å². The number of amides is 1. The number of nitrogens with one attached hydrogen (secondary N) is 1. The molecule has 0 aliphatic carbocycles. The summed E-state index contributed by atoms with van der Waals surface area (Å²) in [5, 5.41) is 3.53. The van der Waals surface area contributed by atoms with Crippen LogP contribution in [-0.2, 0) is 21.5 Å². The van der Waals surface area contributed by atoms with Crippen LogP contribution >= 0.6 is 11.8 Å². The highest BCUT2D eigenvalue weighted by Crippen LogP contribution is 2.27. The molecule has 1 N–H and O–H groups in total. The molecule has 0 radical (unpaired) electrons. The number of carbonyl (C=O) groups excluding carboxylic acids is 1. The van der Waals surface area contributed by atoms with Gasteiger partial charge in [0.1, 0.15) is 0 Å². The number of fused-ring (bicyclic) bond motifs is 1. The predicted molar refractivity (Wildman–Crippen MR) is 86.3 cm³/mol. The molecule has 2 heterocycles. The second-order valence-corrected chi connectivity index (χ2v) is 7.40. The van der Waals surface area contributed by atoms with Gasteiger partial charge in [0.05, 0.1) is 18.2 Å². The number of carbonyl (C=O) groups is 1. The lowest BCUT2D eigenvalue weighted by Gasteiger charge is -2.26. The van der Waals surface area contributed by atoms with Crippen molar-refractivity contribution in [3.63, 3.8) is 0 Å². The predicted octanol–water partition coefficient (Wildman–Crippen LogP) is 1.03. The van der Waals surface area contributed by atoms with Gasteiger partial charge in [0.25, 0.3) is 5.56 Å². The first-order valence-corrected chi connectivity index (χ1v) is 8.33. The molecule has 0 spiro atoms. The van der Waals surface area contributed by atoms with Crippen molar-refractivity contribution in [1.29, 1.82) is 0 Å². The Kier molecular flexibility index (Phi) is 5.28. The summed E-state index contributed by atoms with van der Waals surface area (Å²) >= 11 is 1.47. The summed E-state index contributed by atoms with van der Waals surface area (Å²) in [6.45, 7) is 7.46. The van der Waals surface area contributed by atoms with Gasteiger partial charge in [-0.3, -0.25) is 14.2 Å². The molecule has 1 atom stereocenters. The Hall–Kier alpha value is -1.34. The highest BCUT2D eigenvalue weighted by molar-refractivity contribution is 7.99. The number of thioether (sulfide) groups is 1. The Bertz CT molecular complexity index is 607. The van der Waals surface area contributed by atoms with Crippen LogP contribution in [-0.4, -0.2) is 41.5 Å². The highest BCUT2D eigenvalue weighted by atomic mass is 32.2. The van der Waals surface area contributed by atoms with E-state index in [4.69, 9.17) is 4.74 Å². The van der Waals surface area contributed by atoms with Gasteiger partial charge in [-0.25, -0.2) is 4.98 Å². The molecule has 0 fully saturated rings. The monoisotopic (exact) mass is 325 g/mol. The van der Waals surface area contributed by atoms with Crippen LogP contribution < -0.4 is 10.9 Å². The molecule has 6 nitrogen and oxygen atoms in total. The smallest absolute Gasteiger partial charge is 0.254 e. The minimum Gasteiger partial charge on any atom is -0.383 e. The zero-order valence-corrected chi connectivity index (χ0v) is 14.3. The maximum atomic E-state index is 12.3. The minimum atomic E-state index is -0.214. The average Bonchev–Trinajstić information content (AvgIpc) is 2.46. The number of nitrogens with zero attached hydrogens (tertiary/aromatic N) is 2. The SMILES string of the molecule is COCCNC(=O)C1CSc2nc(C(C)(C)C)cc(=O)n2C1. The van der Waals surface area contributed by atoms with Gasteiger partial charge in [-0.1, -0.05) is 32.5 Å². The second-order valence-electron chi connectivity index (χ2n) is 6.41. The summed E-state index contributed by atoms with van der Waals surface area (Å²) < 4.78 is 6.52. The standard InChI is InChI=1S/C15H23N3O3S/c1-15(2,3)11-7-12(19)18-8-10(9-22-14(18)17-11)13(20)16-5-6-21-4/h7,10H,5-6,8-9H2,1-4H3,(H,16,20). The number of hydrogen-bond donors (Lipinski definition) is 1. The van der Waals surface area contributed by atoms with E-state index in [9.17, 15) is 9.59 Å². The third-order valence-corrected chi connectivity index (χ3v) is 4.67. The van der Waals surface area contributed by atoms with Crippen molar-refractivity contribution in [2.24, 2.45) is 5.92 Å². The first kappa shape index (κ1) is 17.0. The van der Waals surface area contributed by atoms with Gasteiger partial charge in [0.2, 0.25) is 5.91 Å². The summed E-state index contributed by atoms with van der Waals surface area (Å²) in [5.41, 5.74) is 0.542. The molecule has 1 amide bonds. The Morgan fingerprint density at radius 1 is 1.55 bits per heavy atom. The molecule has 0 saturated carbocycles. The molecule has 1 aliphatic rings. The topological polar surface area (TPSA) is 73.2 Å². The largest absolute Gasteiger partial charge is 0.383 e. The van der Waals surface area contributed by atoms with Crippen molar-refractivity contribution in [2.45, 2.75) is 37.9 Å². The lowest BCUT2D eigenvalue weighted by molar-refractivity contribution is -0.125. The fourth-order valence-corrected chi connectivity index (χ4v) is 3.27. The molecule has 1 aromatic heterocycles. The molecule has 1 aliphatic heterocycles. The van der Waals surface area contributed by atoms with Gasteiger partial charge >= 0.3 is 0 Å². The quantitative estimate of drug-likeness (QED) is 0.661. The number of ether oxygens (including phenoxy) is 1. The molecule has 0 saturated heterocycles. The van der Waals surface area contributed by atoms with E-state index in [0.717, 1.165) is 5.69 Å². The van der Waals surface area contributed by atoms with E-state index in [1.54, 1.807) is 17.7 Å². The lowest BCUT2D eigenvalue weighted by atomic mass is 9.92. The Labute approximate surface area is 134 Å². The van der Waals surface area contributed by atoms with E-state index >= 15 is 0 Å². The molecule has 0 aromatic carbocycles. The zero-order chi connectivity index (χ0) is 16.3. The fourth-order valence-electron chi connectivity index (χ4n) is 2.17. The van der Waals surface area contributed by atoms with Crippen LogP contribution in [0.3, 0.4) is 0 Å². The second kappa shape index (κ2) is 6.83. The maximum Gasteiger partial charge on any atom is 0.254 e. The number of rotatable bonds is 4. The van der Waals surface area contributed by atoms with Crippen LogP contribution in [0.25, 0.3) is 0 Å². The molecule has 0 bridgehead atoms. The summed E-state index contributed by atoms with van der Waals surface area (Å²) in [5.74, 6) is 0.384. The molecular weight excluding hydrogens is 302 g/mol. The molecule has 7 heteroatoms. The van der Waals surface area contributed by atoms with Crippen molar-refractivity contribution < 1.29 is 9.53 Å². The summed E-state index contributed by atoms with van der Waals surface area (Å²) in [7, 11) is 1.59. The van der Waals surface area contributed by atoms with Crippen LogP contribution in [0.15, 0.2) is 16.0 Å². The highest BCUT2D eigenvalue weighted by Gasteiger charge is 2.28. The van der Waals surface area contributed by atoms with Crippen molar-refractivity contribution in [2.75, 3.05) is 26.0 Å². The maximum absolute atomic E-state index is 12.3. The van der Waals surface area contributed by atoms with Crippen molar-refractivity contribution in [1.82, 2.24) is 14.9 Å². The van der Waals surface area contributed by atoms with Crippen LogP contribution in [0.1, 0.15) is 26.5 Å². The molecule has 2 rings (SSSR count). The first-order valence-electron chi connectivity index (χ1n) is 7.34. The van der Waals surface area contributed by atoms with E-state index in [2.05, 4.69) is 10.3 Å². The van der Waals surface area contributed by atoms with Crippen LogP contribution in [0.5, 0.6) is 0 Å². The van der Waals surface area contributed by atoms with Gasteiger partial charge in [0.15, 0.2) is 5.16 Å². The van der Waals surface area contributed by atoms with E-state index in [1.165, 1.54) is 11.8 Å². The molecule has 122 valence electrons. The summed E-state index contributed by atoms with van der Waals surface area (Å²) in [6.07, 6.45) is 0. The Morgan fingerprint density at radius 2 is 2.27 bits per heavy atom. The molecule has 1 aromatic rings. The van der Waals surface area contributed by atoms with Gasteiger partial charge in [-0.05, 0) is 0 Å². The minimum absolute atomic E-state index is 0.0398. The molecular formula is C15H23N3O3S. The van der Waals surface area contributed by atoms with E-state index in [0.29, 0.717) is 30.6 Å². The van der Waals surface area contributed by atoms with Gasteiger partial charge in [-0.2, -0.15) is 0 Å². The summed E-state index contributed by atoms with van der Waals surface area (Å²) in [6, 6.07) is 1.58. The first-order chi connectivity index (χ1) is 10.3. The lowest BCUT2D eigenvalue weighted by Crippen LogP contribution is -2.41. The van der Waals surface area contributed by atoms with Crippen molar-refractivity contribution in [3.05, 3.63) is 22.1 Å². The number of methoxy groups -OCH3 is 1. The third kappa shape index (κ3) is 3.89. The summed E-state index contributed by atoms with van der Waals surface area (Å²) in [4.78, 5) is 29.0. The Balaban J connectivity index is 2.14. The average molecular weight is 325 g/mol. The van der Waals surface area contributed by atoms with Crippen LogP contribution in [0.4, 0.5) is 0 Å². The van der Waals surface area contributed by atoms with Gasteiger partial charge in [-0.15, -0.1) is 0 Å². The van der Waals surface area contributed by atoms with Gasteiger partial charge in [0, 0.05) is 37.4 Å². The molecule has 1 unspecified atom stereocenters.